The van der Waals surface area contributed by atoms with Gasteiger partial charge in [-0.05, 0) is 76.9 Å². The molecule has 12 aromatic rings. The first-order valence-electron chi connectivity index (χ1n) is 19.6. The molecule has 0 amide bonds. The van der Waals surface area contributed by atoms with E-state index in [1.807, 2.05) is 0 Å². The van der Waals surface area contributed by atoms with Crippen LogP contribution in [0.3, 0.4) is 0 Å². The normalized spacial score (nSPS) is 11.9. The molecule has 0 atom stereocenters. The molecule has 3 nitrogen and oxygen atoms in total. The highest BCUT2D eigenvalue weighted by Gasteiger charge is 2.23. The molecule has 57 heavy (non-hydrogen) atoms. The lowest BCUT2D eigenvalue weighted by atomic mass is 10.00. The van der Waals surface area contributed by atoms with Crippen molar-refractivity contribution in [2.24, 2.45) is 0 Å². The molecule has 0 spiro atoms. The van der Waals surface area contributed by atoms with Gasteiger partial charge in [-0.25, -0.2) is 0 Å². The molecule has 3 aromatic heterocycles. The third-order valence-electron chi connectivity index (χ3n) is 11.8. The minimum absolute atomic E-state index is 1.14. The maximum Gasteiger partial charge on any atom is 0.0782 e. The van der Waals surface area contributed by atoms with Crippen LogP contribution >= 0.6 is 0 Å². The van der Waals surface area contributed by atoms with E-state index in [4.69, 9.17) is 0 Å². The Labute approximate surface area is 329 Å². The molecule has 0 fully saturated rings. The standard InChI is InChI=1S/C54H35N3/c1-2-15-36(16-3-1)37-31-33-38(34-32-37)39-17-12-18-40(35-39)55-49-27-11-7-22-45(49)53-50(55)28-14-29-51(53)57-48-26-10-6-21-43(48)44-23-13-30-52(54(44)57)56-46-24-8-4-19-41(46)42-20-5-9-25-47(42)56/h1-35H. The van der Waals surface area contributed by atoms with Crippen LogP contribution in [0.2, 0.25) is 0 Å². The van der Waals surface area contributed by atoms with Crippen LogP contribution in [-0.2, 0) is 0 Å². The lowest BCUT2D eigenvalue weighted by molar-refractivity contribution is 1.14. The Morgan fingerprint density at radius 3 is 1.37 bits per heavy atom. The molecule has 0 N–H and O–H groups in total. The first kappa shape index (κ1) is 31.7. The number of para-hydroxylation sites is 5. The number of fused-ring (bicyclic) bond motifs is 9. The van der Waals surface area contributed by atoms with Crippen molar-refractivity contribution in [1.82, 2.24) is 13.7 Å². The molecular weight excluding hydrogens is 691 g/mol. The molecule has 9 aromatic carbocycles. The van der Waals surface area contributed by atoms with E-state index >= 15 is 0 Å². The van der Waals surface area contributed by atoms with Gasteiger partial charge in [-0.15, -0.1) is 0 Å². The van der Waals surface area contributed by atoms with Crippen LogP contribution < -0.4 is 0 Å². The van der Waals surface area contributed by atoms with Gasteiger partial charge in [0.1, 0.15) is 0 Å². The van der Waals surface area contributed by atoms with Gasteiger partial charge in [0.2, 0.25) is 0 Å². The molecule has 266 valence electrons. The van der Waals surface area contributed by atoms with E-state index in [0.29, 0.717) is 0 Å². The van der Waals surface area contributed by atoms with E-state index in [1.165, 1.54) is 87.7 Å². The summed E-state index contributed by atoms with van der Waals surface area (Å²) in [6.07, 6.45) is 0. The summed E-state index contributed by atoms with van der Waals surface area (Å²) in [5, 5.41) is 7.43. The second kappa shape index (κ2) is 12.5. The predicted molar refractivity (Wildman–Crippen MR) is 240 cm³/mol. The Morgan fingerprint density at radius 1 is 0.246 bits per heavy atom. The number of aromatic nitrogens is 3. The average molecular weight is 726 g/mol. The largest absolute Gasteiger partial charge is 0.309 e. The SMILES string of the molecule is c1ccc(-c2ccc(-c3cccc(-n4c5ccccc5c5c(-n6c7ccccc7c7cccc(-n8c9ccccc9c9ccccc98)c76)cccc54)c3)cc2)cc1. The number of nitrogens with zero attached hydrogens (tertiary/aromatic N) is 3. The number of benzene rings is 9. The summed E-state index contributed by atoms with van der Waals surface area (Å²) in [6.45, 7) is 0. The van der Waals surface area contributed by atoms with Crippen LogP contribution in [0.15, 0.2) is 212 Å². The van der Waals surface area contributed by atoms with Crippen molar-refractivity contribution in [2.45, 2.75) is 0 Å². The lowest BCUT2D eigenvalue weighted by Crippen LogP contribution is -2.01. The molecule has 0 saturated heterocycles. The third-order valence-corrected chi connectivity index (χ3v) is 11.8. The minimum Gasteiger partial charge on any atom is -0.309 e. The Morgan fingerprint density at radius 2 is 0.684 bits per heavy atom. The zero-order valence-electron chi connectivity index (χ0n) is 31.0. The highest BCUT2D eigenvalue weighted by molar-refractivity contribution is 6.18. The summed E-state index contributed by atoms with van der Waals surface area (Å²) in [6, 6.07) is 77.4. The Hall–Kier alpha value is -7.62. The van der Waals surface area contributed by atoms with Gasteiger partial charge in [0.15, 0.2) is 0 Å². The quantitative estimate of drug-likeness (QED) is 0.168. The van der Waals surface area contributed by atoms with Crippen molar-refractivity contribution < 1.29 is 0 Å². The van der Waals surface area contributed by atoms with Crippen LogP contribution in [-0.4, -0.2) is 13.7 Å². The van der Waals surface area contributed by atoms with Crippen LogP contribution in [0.5, 0.6) is 0 Å². The van der Waals surface area contributed by atoms with E-state index in [0.717, 1.165) is 17.1 Å². The smallest absolute Gasteiger partial charge is 0.0782 e. The van der Waals surface area contributed by atoms with Crippen LogP contribution in [0, 0.1) is 0 Å². The van der Waals surface area contributed by atoms with E-state index in [9.17, 15) is 0 Å². The highest BCUT2D eigenvalue weighted by atomic mass is 15.1. The van der Waals surface area contributed by atoms with Gasteiger partial charge in [-0.1, -0.05) is 158 Å². The van der Waals surface area contributed by atoms with Gasteiger partial charge in [0.25, 0.3) is 0 Å². The maximum absolute atomic E-state index is 2.52. The summed E-state index contributed by atoms with van der Waals surface area (Å²) < 4.78 is 7.43. The molecule has 0 aliphatic rings. The van der Waals surface area contributed by atoms with Crippen molar-refractivity contribution in [3.8, 4) is 39.3 Å². The van der Waals surface area contributed by atoms with Gasteiger partial charge >= 0.3 is 0 Å². The zero-order valence-corrected chi connectivity index (χ0v) is 31.0. The third kappa shape index (κ3) is 4.73. The molecule has 0 aliphatic heterocycles. The van der Waals surface area contributed by atoms with E-state index in [2.05, 4.69) is 226 Å². The average Bonchev–Trinajstić information content (AvgIpc) is 3.93. The molecule has 3 heteroatoms. The van der Waals surface area contributed by atoms with Crippen LogP contribution in [0.1, 0.15) is 0 Å². The van der Waals surface area contributed by atoms with E-state index in [1.54, 1.807) is 0 Å². The summed E-state index contributed by atoms with van der Waals surface area (Å²) in [7, 11) is 0. The van der Waals surface area contributed by atoms with Gasteiger partial charge in [-0.2, -0.15) is 0 Å². The fourth-order valence-electron chi connectivity index (χ4n) is 9.39. The second-order valence-corrected chi connectivity index (χ2v) is 14.9. The molecule has 12 rings (SSSR count). The molecule has 0 radical (unpaired) electrons. The summed E-state index contributed by atoms with van der Waals surface area (Å²) in [5.74, 6) is 0. The maximum atomic E-state index is 2.52. The van der Waals surface area contributed by atoms with Crippen LogP contribution in [0.4, 0.5) is 0 Å². The number of hydrogen-bond donors (Lipinski definition) is 0. The Kier molecular flexibility index (Phi) is 6.93. The molecule has 3 heterocycles. The second-order valence-electron chi connectivity index (χ2n) is 14.9. The van der Waals surface area contributed by atoms with E-state index in [-0.39, 0.29) is 0 Å². The summed E-state index contributed by atoms with van der Waals surface area (Å²) in [4.78, 5) is 0. The molecule has 0 saturated carbocycles. The number of rotatable bonds is 5. The van der Waals surface area contributed by atoms with Crippen molar-refractivity contribution in [1.29, 1.82) is 0 Å². The highest BCUT2D eigenvalue weighted by Crippen LogP contribution is 2.43. The topological polar surface area (TPSA) is 14.8 Å². The Bertz CT molecular complexity index is 3450. The first-order chi connectivity index (χ1) is 28.3. The number of hydrogen-bond acceptors (Lipinski definition) is 0. The van der Waals surface area contributed by atoms with Gasteiger partial charge in [-0.3, -0.25) is 0 Å². The van der Waals surface area contributed by atoms with Crippen molar-refractivity contribution in [3.05, 3.63) is 212 Å². The van der Waals surface area contributed by atoms with Crippen LogP contribution in [0.25, 0.3) is 105 Å². The zero-order chi connectivity index (χ0) is 37.5. The van der Waals surface area contributed by atoms with Gasteiger partial charge in [0, 0.05) is 38.0 Å². The van der Waals surface area contributed by atoms with Crippen molar-refractivity contribution in [3.63, 3.8) is 0 Å². The molecule has 0 aliphatic carbocycles. The van der Waals surface area contributed by atoms with Gasteiger partial charge < -0.3 is 13.7 Å². The summed E-state index contributed by atoms with van der Waals surface area (Å²) in [5.41, 5.74) is 15.4. The fraction of sp³-hybridized carbons (Fsp3) is 0. The predicted octanol–water partition coefficient (Wildman–Crippen LogP) is 14.3. The molecule has 0 unspecified atom stereocenters. The molecular formula is C54H35N3. The lowest BCUT2D eigenvalue weighted by Gasteiger charge is -2.16. The van der Waals surface area contributed by atoms with Gasteiger partial charge in [0.05, 0.1) is 44.5 Å². The van der Waals surface area contributed by atoms with Crippen molar-refractivity contribution in [2.75, 3.05) is 0 Å². The fourth-order valence-corrected chi connectivity index (χ4v) is 9.39. The van der Waals surface area contributed by atoms with E-state index < -0.39 is 0 Å². The Balaban J connectivity index is 1.12. The first-order valence-corrected chi connectivity index (χ1v) is 19.6. The van der Waals surface area contributed by atoms with Crippen molar-refractivity contribution >= 4 is 65.4 Å². The monoisotopic (exact) mass is 725 g/mol. The minimum atomic E-state index is 1.14. The molecule has 0 bridgehead atoms. The summed E-state index contributed by atoms with van der Waals surface area (Å²) >= 11 is 0.